The van der Waals surface area contributed by atoms with Gasteiger partial charge in [0.15, 0.2) is 0 Å². The topological polar surface area (TPSA) is 76.4 Å². The Hall–Kier alpha value is -2.34. The average Bonchev–Trinajstić information content (AvgIpc) is 2.88. The molecule has 0 saturated heterocycles. The first-order chi connectivity index (χ1) is 11.0. The Morgan fingerprint density at radius 3 is 2.57 bits per heavy atom. The van der Waals surface area contributed by atoms with Crippen LogP contribution in [0.5, 0.6) is 0 Å². The average molecular weight is 317 g/mol. The largest absolute Gasteiger partial charge is 0.375 e. The third-order valence-electron chi connectivity index (χ3n) is 3.77. The van der Waals surface area contributed by atoms with Crippen LogP contribution in [0.1, 0.15) is 41.7 Å². The van der Waals surface area contributed by atoms with Crippen LogP contribution in [0.3, 0.4) is 0 Å². The maximum absolute atomic E-state index is 12.1. The molecule has 2 rings (SSSR count). The number of ether oxygens (including phenoxy) is 1. The van der Waals surface area contributed by atoms with Crippen molar-refractivity contribution in [3.8, 4) is 0 Å². The van der Waals surface area contributed by atoms with Gasteiger partial charge in [-0.1, -0.05) is 35.5 Å². The quantitative estimate of drug-likeness (QED) is 0.858. The number of carbonyl (C=O) groups excluding carboxylic acids is 1. The van der Waals surface area contributed by atoms with Gasteiger partial charge in [-0.25, -0.2) is 4.79 Å². The smallest absolute Gasteiger partial charge is 0.315 e. The molecule has 0 aliphatic rings. The maximum Gasteiger partial charge on any atom is 0.315 e. The number of carbonyl (C=O) groups is 1. The van der Waals surface area contributed by atoms with Crippen molar-refractivity contribution in [2.45, 2.75) is 32.9 Å². The number of nitrogens with one attached hydrogen (secondary N) is 2. The number of aryl methyl sites for hydroxylation is 2. The van der Waals surface area contributed by atoms with Crippen LogP contribution in [0.15, 0.2) is 34.9 Å². The van der Waals surface area contributed by atoms with Crippen LogP contribution in [0.25, 0.3) is 0 Å². The third-order valence-corrected chi connectivity index (χ3v) is 3.77. The number of nitrogens with zero attached hydrogens (tertiary/aromatic N) is 1. The normalized spacial score (nSPS) is 13.4. The van der Waals surface area contributed by atoms with Crippen LogP contribution >= 0.6 is 0 Å². The predicted molar refractivity (Wildman–Crippen MR) is 87.1 cm³/mol. The van der Waals surface area contributed by atoms with Crippen LogP contribution in [-0.2, 0) is 4.74 Å². The van der Waals surface area contributed by atoms with Gasteiger partial charge < -0.3 is 19.9 Å². The number of rotatable bonds is 6. The molecule has 2 atom stereocenters. The van der Waals surface area contributed by atoms with Gasteiger partial charge in [0.1, 0.15) is 5.76 Å². The van der Waals surface area contributed by atoms with Gasteiger partial charge in [0.2, 0.25) is 0 Å². The zero-order valence-electron chi connectivity index (χ0n) is 13.9. The lowest BCUT2D eigenvalue weighted by Gasteiger charge is -2.18. The van der Waals surface area contributed by atoms with Gasteiger partial charge in [0, 0.05) is 19.2 Å². The molecule has 0 aliphatic carbocycles. The molecule has 0 aliphatic heterocycles. The monoisotopic (exact) mass is 317 g/mol. The summed E-state index contributed by atoms with van der Waals surface area (Å²) in [5.74, 6) is 0.717. The molecule has 0 radical (unpaired) electrons. The summed E-state index contributed by atoms with van der Waals surface area (Å²) < 4.78 is 10.6. The number of urea groups is 1. The molecule has 1 aromatic heterocycles. The summed E-state index contributed by atoms with van der Waals surface area (Å²) in [5.41, 5.74) is 2.72. The Morgan fingerprint density at radius 2 is 2.00 bits per heavy atom. The minimum absolute atomic E-state index is 0.182. The number of benzene rings is 1. The van der Waals surface area contributed by atoms with E-state index in [1.54, 1.807) is 7.11 Å². The Kier molecular flexibility index (Phi) is 5.76. The number of aromatic nitrogens is 1. The van der Waals surface area contributed by atoms with Crippen molar-refractivity contribution in [2.75, 3.05) is 13.7 Å². The number of methoxy groups -OCH3 is 1. The summed E-state index contributed by atoms with van der Waals surface area (Å²) in [6.45, 7) is 5.98. The fourth-order valence-electron chi connectivity index (χ4n) is 2.62. The maximum atomic E-state index is 12.1. The number of hydrogen-bond acceptors (Lipinski definition) is 4. The highest BCUT2D eigenvalue weighted by atomic mass is 16.5. The highest BCUT2D eigenvalue weighted by Gasteiger charge is 2.19. The van der Waals surface area contributed by atoms with E-state index in [0.717, 1.165) is 16.8 Å². The van der Waals surface area contributed by atoms with E-state index in [-0.39, 0.29) is 18.2 Å². The Labute approximate surface area is 136 Å². The molecule has 1 heterocycles. The summed E-state index contributed by atoms with van der Waals surface area (Å²) >= 11 is 0. The molecule has 0 unspecified atom stereocenters. The first kappa shape index (κ1) is 17.0. The SMILES string of the molecule is CO[C@@H](CNC(=O)N[C@H](C)c1c(C)noc1C)c1ccccc1. The summed E-state index contributed by atoms with van der Waals surface area (Å²) in [4.78, 5) is 12.1. The Bertz CT molecular complexity index is 620. The lowest BCUT2D eigenvalue weighted by molar-refractivity contribution is 0.104. The van der Waals surface area contributed by atoms with E-state index in [9.17, 15) is 4.79 Å². The Balaban J connectivity index is 1.89. The van der Waals surface area contributed by atoms with Crippen LogP contribution in [0.2, 0.25) is 0 Å². The first-order valence-corrected chi connectivity index (χ1v) is 7.57. The molecular formula is C17H23N3O3. The third kappa shape index (κ3) is 4.32. The molecule has 6 heteroatoms. The second-order valence-electron chi connectivity index (χ2n) is 5.45. The predicted octanol–water partition coefficient (Wildman–Crippen LogP) is 3.04. The molecule has 0 fully saturated rings. The van der Waals surface area contributed by atoms with Gasteiger partial charge in [-0.2, -0.15) is 0 Å². The highest BCUT2D eigenvalue weighted by molar-refractivity contribution is 5.74. The lowest BCUT2D eigenvalue weighted by Crippen LogP contribution is -2.39. The van der Waals surface area contributed by atoms with Gasteiger partial charge in [-0.05, 0) is 26.3 Å². The summed E-state index contributed by atoms with van der Waals surface area (Å²) in [6, 6.07) is 9.35. The summed E-state index contributed by atoms with van der Waals surface area (Å²) in [5, 5.41) is 9.63. The van der Waals surface area contributed by atoms with Crippen LogP contribution in [0.4, 0.5) is 4.79 Å². The van der Waals surface area contributed by atoms with Crippen LogP contribution < -0.4 is 10.6 Å². The molecule has 1 aromatic carbocycles. The molecule has 0 bridgehead atoms. The van der Waals surface area contributed by atoms with Gasteiger partial charge in [-0.3, -0.25) is 0 Å². The molecule has 124 valence electrons. The van der Waals surface area contributed by atoms with Crippen molar-refractivity contribution in [3.63, 3.8) is 0 Å². The molecule has 0 saturated carbocycles. The van der Waals surface area contributed by atoms with Crippen molar-refractivity contribution < 1.29 is 14.1 Å². The highest BCUT2D eigenvalue weighted by Crippen LogP contribution is 2.20. The zero-order valence-corrected chi connectivity index (χ0v) is 13.9. The Morgan fingerprint density at radius 1 is 1.30 bits per heavy atom. The standard InChI is InChI=1S/C17H23N3O3/c1-11(16-12(2)20-23-13(16)3)19-17(21)18-10-15(22-4)14-8-6-5-7-9-14/h5-9,11,15H,10H2,1-4H3,(H2,18,19,21)/t11-,15+/m1/s1. The van der Waals surface area contributed by atoms with Crippen LogP contribution in [-0.4, -0.2) is 24.8 Å². The van der Waals surface area contributed by atoms with Crippen molar-refractivity contribution in [3.05, 3.63) is 52.9 Å². The molecule has 23 heavy (non-hydrogen) atoms. The van der Waals surface area contributed by atoms with Gasteiger partial charge in [-0.15, -0.1) is 0 Å². The fourth-order valence-corrected chi connectivity index (χ4v) is 2.62. The molecular weight excluding hydrogens is 294 g/mol. The number of hydrogen-bond donors (Lipinski definition) is 2. The van der Waals surface area contributed by atoms with Crippen molar-refractivity contribution in [2.24, 2.45) is 0 Å². The molecule has 2 amide bonds. The van der Waals surface area contributed by atoms with E-state index >= 15 is 0 Å². The van der Waals surface area contributed by atoms with E-state index in [4.69, 9.17) is 9.26 Å². The minimum atomic E-state index is -0.254. The second-order valence-corrected chi connectivity index (χ2v) is 5.45. The van der Waals surface area contributed by atoms with Crippen molar-refractivity contribution >= 4 is 6.03 Å². The summed E-state index contributed by atoms with van der Waals surface area (Å²) in [7, 11) is 1.63. The van der Waals surface area contributed by atoms with E-state index in [1.807, 2.05) is 51.1 Å². The van der Waals surface area contributed by atoms with Gasteiger partial charge in [0.05, 0.1) is 17.8 Å². The number of amides is 2. The van der Waals surface area contributed by atoms with E-state index in [0.29, 0.717) is 12.3 Å². The van der Waals surface area contributed by atoms with Gasteiger partial charge >= 0.3 is 6.03 Å². The minimum Gasteiger partial charge on any atom is -0.375 e. The van der Waals surface area contributed by atoms with Gasteiger partial charge in [0.25, 0.3) is 0 Å². The fraction of sp³-hybridized carbons (Fsp3) is 0.412. The first-order valence-electron chi connectivity index (χ1n) is 7.57. The molecule has 0 spiro atoms. The second kappa shape index (κ2) is 7.78. The molecule has 6 nitrogen and oxygen atoms in total. The van der Waals surface area contributed by atoms with Crippen molar-refractivity contribution in [1.29, 1.82) is 0 Å². The molecule has 2 aromatic rings. The van der Waals surface area contributed by atoms with Crippen molar-refractivity contribution in [1.82, 2.24) is 15.8 Å². The zero-order chi connectivity index (χ0) is 16.8. The van der Waals surface area contributed by atoms with E-state index < -0.39 is 0 Å². The van der Waals surface area contributed by atoms with Crippen LogP contribution in [0, 0.1) is 13.8 Å². The lowest BCUT2D eigenvalue weighted by atomic mass is 10.1. The molecule has 2 N–H and O–H groups in total. The summed E-state index contributed by atoms with van der Waals surface area (Å²) in [6.07, 6.45) is -0.184. The van der Waals surface area contributed by atoms with E-state index in [1.165, 1.54) is 0 Å². The van der Waals surface area contributed by atoms with E-state index in [2.05, 4.69) is 15.8 Å².